The van der Waals surface area contributed by atoms with Gasteiger partial charge in [0.05, 0.1) is 23.4 Å². The van der Waals surface area contributed by atoms with E-state index in [0.29, 0.717) is 26.3 Å². The molecule has 200 valence electrons. The summed E-state index contributed by atoms with van der Waals surface area (Å²) in [5, 5.41) is 0. The number of hydrogen-bond acceptors (Lipinski definition) is 8. The van der Waals surface area contributed by atoms with E-state index in [-0.39, 0.29) is 30.8 Å². The topological polar surface area (TPSA) is 107 Å². The van der Waals surface area contributed by atoms with Crippen LogP contribution in [0.2, 0.25) is 0 Å². The van der Waals surface area contributed by atoms with Crippen LogP contribution in [-0.2, 0) is 18.6 Å². The van der Waals surface area contributed by atoms with Crippen LogP contribution in [0.5, 0.6) is 11.5 Å². The summed E-state index contributed by atoms with van der Waals surface area (Å²) in [5.41, 5.74) is 14.8. The minimum Gasteiger partial charge on any atom is -0.491 e. The summed E-state index contributed by atoms with van der Waals surface area (Å²) >= 11 is 7.10. The van der Waals surface area contributed by atoms with Crippen molar-refractivity contribution < 1.29 is 28.1 Å². The predicted octanol–water partition coefficient (Wildman–Crippen LogP) is 3.36. The number of ether oxygens (including phenoxy) is 2. The first kappa shape index (κ1) is 28.9. The fourth-order valence-electron chi connectivity index (χ4n) is 4.81. The molecule has 4 aliphatic heterocycles. The van der Waals surface area contributed by atoms with Gasteiger partial charge in [-0.3, -0.25) is 0 Å². The highest BCUT2D eigenvalue weighted by molar-refractivity contribution is 9.10. The number of nitrogens with two attached hydrogens (primary N) is 2. The van der Waals surface area contributed by atoms with E-state index in [9.17, 15) is 0 Å². The molecule has 4 N–H and O–H groups in total. The van der Waals surface area contributed by atoms with E-state index in [2.05, 4.69) is 31.9 Å². The Labute approximate surface area is 236 Å². The van der Waals surface area contributed by atoms with Crippen LogP contribution >= 0.6 is 31.9 Å². The lowest BCUT2D eigenvalue weighted by Gasteiger charge is -2.25. The minimum absolute atomic E-state index is 0. The normalized spacial score (nSPS) is 23.8. The van der Waals surface area contributed by atoms with Crippen molar-refractivity contribution in [2.24, 2.45) is 11.5 Å². The van der Waals surface area contributed by atoms with Gasteiger partial charge in [0.2, 0.25) is 0 Å². The minimum atomic E-state index is -0.390. The first-order chi connectivity index (χ1) is 17.0. The lowest BCUT2D eigenvalue weighted by molar-refractivity contribution is 0.0277. The molecule has 0 aromatic heterocycles. The SMILES string of the molecule is C.CC1(C)COc2ccc(Br)c3c2B(OC3CN)O1.CC1(C)COc2ccc(Br)c3c2B(O[C@@H]3CN)O1. The lowest BCUT2D eigenvalue weighted by atomic mass is 9.77. The van der Waals surface area contributed by atoms with Crippen LogP contribution in [-0.4, -0.2) is 51.7 Å². The Hall–Kier alpha value is -1.11. The summed E-state index contributed by atoms with van der Waals surface area (Å²) in [5.74, 6) is 1.67. The zero-order valence-electron chi connectivity index (χ0n) is 20.8. The molecule has 2 aromatic carbocycles. The van der Waals surface area contributed by atoms with Crippen molar-refractivity contribution in [2.45, 2.75) is 58.5 Å². The smallest absolute Gasteiger partial charge is 0.491 e. The van der Waals surface area contributed by atoms with Crippen LogP contribution in [0.25, 0.3) is 0 Å². The highest BCUT2D eigenvalue weighted by Crippen LogP contribution is 2.38. The van der Waals surface area contributed by atoms with Crippen LogP contribution in [0.4, 0.5) is 0 Å². The van der Waals surface area contributed by atoms with Gasteiger partial charge in [0.25, 0.3) is 0 Å². The molecule has 0 saturated carbocycles. The van der Waals surface area contributed by atoms with Crippen molar-refractivity contribution in [2.75, 3.05) is 26.3 Å². The number of benzene rings is 2. The van der Waals surface area contributed by atoms with Crippen molar-refractivity contribution in [3.63, 3.8) is 0 Å². The van der Waals surface area contributed by atoms with E-state index >= 15 is 0 Å². The Morgan fingerprint density at radius 2 is 1.14 bits per heavy atom. The van der Waals surface area contributed by atoms with Gasteiger partial charge >= 0.3 is 14.2 Å². The Balaban J connectivity index is 0.000000168. The molecule has 12 heteroatoms. The third kappa shape index (κ3) is 5.49. The molecule has 2 atom stereocenters. The second kappa shape index (κ2) is 10.8. The summed E-state index contributed by atoms with van der Waals surface area (Å²) in [6.45, 7) is 9.84. The maximum atomic E-state index is 5.99. The Morgan fingerprint density at radius 1 is 0.757 bits per heavy atom. The standard InChI is InChI=1S/2C12H15BBrNO3.CH4/c2*1-12(2)6-16-8-4-3-7(14)10-9(5-15)17-13(18-12)11(8)10;/h2*3-4,9H,5-6,15H2,1-2H3;1H4/t9-;;/m1../s1. The van der Waals surface area contributed by atoms with Gasteiger partial charge in [0.15, 0.2) is 0 Å². The second-order valence-electron chi connectivity index (χ2n) is 10.5. The molecule has 4 heterocycles. The van der Waals surface area contributed by atoms with Gasteiger partial charge in [-0.05, 0) is 63.1 Å². The summed E-state index contributed by atoms with van der Waals surface area (Å²) in [7, 11) is -0.780. The van der Waals surface area contributed by atoms with Gasteiger partial charge in [-0.2, -0.15) is 0 Å². The van der Waals surface area contributed by atoms with Gasteiger partial charge in [-0.1, -0.05) is 39.3 Å². The molecule has 0 amide bonds. The molecule has 0 radical (unpaired) electrons. The van der Waals surface area contributed by atoms with Crippen LogP contribution in [0.1, 0.15) is 58.5 Å². The first-order valence-electron chi connectivity index (χ1n) is 12.0. The Bertz CT molecular complexity index is 1080. The molecule has 0 spiro atoms. The van der Waals surface area contributed by atoms with E-state index in [4.69, 9.17) is 39.6 Å². The van der Waals surface area contributed by atoms with Crippen LogP contribution in [0, 0.1) is 0 Å². The average Bonchev–Trinajstić information content (AvgIpc) is 3.29. The Morgan fingerprint density at radius 3 is 1.49 bits per heavy atom. The van der Waals surface area contributed by atoms with Crippen molar-refractivity contribution in [1.29, 1.82) is 0 Å². The van der Waals surface area contributed by atoms with E-state index in [1.54, 1.807) is 0 Å². The summed E-state index contributed by atoms with van der Waals surface area (Å²) in [4.78, 5) is 0. The van der Waals surface area contributed by atoms with Crippen molar-refractivity contribution in [3.8, 4) is 11.5 Å². The van der Waals surface area contributed by atoms with E-state index in [1.165, 1.54) is 0 Å². The van der Waals surface area contributed by atoms with Gasteiger partial charge in [-0.15, -0.1) is 0 Å². The first-order valence-corrected chi connectivity index (χ1v) is 13.6. The summed E-state index contributed by atoms with van der Waals surface area (Å²) in [6.07, 6.45) is -0.284. The fourth-order valence-corrected chi connectivity index (χ4v) is 6.02. The van der Waals surface area contributed by atoms with Crippen molar-refractivity contribution in [3.05, 3.63) is 44.3 Å². The van der Waals surface area contributed by atoms with E-state index in [0.717, 1.165) is 42.5 Å². The number of hydrogen-bond donors (Lipinski definition) is 2. The molecule has 37 heavy (non-hydrogen) atoms. The lowest BCUT2D eigenvalue weighted by Crippen LogP contribution is -2.40. The van der Waals surface area contributed by atoms with Crippen molar-refractivity contribution in [1.82, 2.24) is 0 Å². The van der Waals surface area contributed by atoms with Gasteiger partial charge in [-0.25, -0.2) is 0 Å². The average molecular weight is 640 g/mol. The third-order valence-corrected chi connectivity index (χ3v) is 7.89. The number of halogens is 2. The van der Waals surface area contributed by atoms with Gasteiger partial charge < -0.3 is 39.6 Å². The Kier molecular flexibility index (Phi) is 8.44. The molecule has 0 saturated heterocycles. The molecule has 6 rings (SSSR count). The third-order valence-electron chi connectivity index (χ3n) is 6.51. The highest BCUT2D eigenvalue weighted by atomic mass is 79.9. The van der Waals surface area contributed by atoms with Gasteiger partial charge in [0.1, 0.15) is 24.7 Å². The molecular weight excluding hydrogens is 606 g/mol. The quantitative estimate of drug-likeness (QED) is 0.482. The molecule has 8 nitrogen and oxygen atoms in total. The van der Waals surface area contributed by atoms with Crippen LogP contribution < -0.4 is 31.9 Å². The zero-order valence-corrected chi connectivity index (χ0v) is 24.0. The molecule has 4 aliphatic rings. The van der Waals surface area contributed by atoms with Crippen molar-refractivity contribution >= 4 is 57.0 Å². The maximum Gasteiger partial charge on any atom is 0.499 e. The zero-order chi connectivity index (χ0) is 25.8. The maximum absolute atomic E-state index is 5.99. The molecule has 0 aliphatic carbocycles. The second-order valence-corrected chi connectivity index (χ2v) is 12.2. The summed E-state index contributed by atoms with van der Waals surface area (Å²) < 4.78 is 37.4. The van der Waals surface area contributed by atoms with E-state index in [1.807, 2.05) is 52.0 Å². The van der Waals surface area contributed by atoms with Gasteiger partial charge in [0, 0.05) is 33.0 Å². The molecular formula is C25H34B2Br2N2O6. The molecule has 2 aromatic rings. The fraction of sp³-hybridized carbons (Fsp3) is 0.520. The molecule has 1 unspecified atom stereocenters. The monoisotopic (exact) mass is 638 g/mol. The largest absolute Gasteiger partial charge is 0.499 e. The summed E-state index contributed by atoms with van der Waals surface area (Å²) in [6, 6.07) is 7.84. The van der Waals surface area contributed by atoms with Crippen LogP contribution in [0.15, 0.2) is 33.2 Å². The molecule has 0 bridgehead atoms. The van der Waals surface area contributed by atoms with Crippen LogP contribution in [0.3, 0.4) is 0 Å². The number of rotatable bonds is 2. The molecule has 0 fully saturated rings. The predicted molar refractivity (Wildman–Crippen MR) is 153 cm³/mol. The highest BCUT2D eigenvalue weighted by Gasteiger charge is 2.47. The van der Waals surface area contributed by atoms with E-state index < -0.39 is 14.2 Å².